The molecule has 2 bridgehead atoms. The van der Waals surface area contributed by atoms with Gasteiger partial charge in [-0.1, -0.05) is 38.1 Å². The van der Waals surface area contributed by atoms with Gasteiger partial charge in [-0.2, -0.15) is 4.31 Å². The molecule has 2 unspecified atom stereocenters. The molecule has 1 aliphatic heterocycles. The van der Waals surface area contributed by atoms with Crippen LogP contribution in [0.25, 0.3) is 10.8 Å². The molecule has 5 rings (SSSR count). The average molecular weight is 411 g/mol. The highest BCUT2D eigenvalue weighted by atomic mass is 32.2. The summed E-state index contributed by atoms with van der Waals surface area (Å²) in [6, 6.07) is 9.98. The highest BCUT2D eigenvalue weighted by molar-refractivity contribution is 7.90. The van der Waals surface area contributed by atoms with Crippen molar-refractivity contribution in [2.45, 2.75) is 33.1 Å². The monoisotopic (exact) mass is 411 g/mol. The zero-order chi connectivity index (χ0) is 20.8. The molecule has 2 atom stereocenters. The normalized spacial score (nSPS) is 27.9. The minimum Gasteiger partial charge on any atom is -0.299 e. The summed E-state index contributed by atoms with van der Waals surface area (Å²) < 4.78 is 27.3. The number of hydrogen-bond acceptors (Lipinski definition) is 5. The van der Waals surface area contributed by atoms with E-state index in [1.807, 2.05) is 13.8 Å². The molecular weight excluding hydrogens is 390 g/mol. The maximum absolute atomic E-state index is 13.4. The summed E-state index contributed by atoms with van der Waals surface area (Å²) in [5.41, 5.74) is -1.13. The Balaban J connectivity index is 1.62. The maximum Gasteiger partial charge on any atom is 0.275 e. The van der Waals surface area contributed by atoms with E-state index in [0.29, 0.717) is 27.9 Å². The molecule has 0 radical (unpaired) electrons. The molecule has 2 aromatic rings. The molecule has 2 fully saturated rings. The summed E-state index contributed by atoms with van der Waals surface area (Å²) in [6.45, 7) is 3.86. The molecule has 2 aliphatic carbocycles. The van der Waals surface area contributed by atoms with Gasteiger partial charge >= 0.3 is 0 Å². The van der Waals surface area contributed by atoms with E-state index in [0.717, 1.165) is 6.42 Å². The first kappa shape index (κ1) is 18.5. The largest absolute Gasteiger partial charge is 0.299 e. The summed E-state index contributed by atoms with van der Waals surface area (Å²) in [7, 11) is -4.34. The predicted molar refractivity (Wildman–Crippen MR) is 107 cm³/mol. The van der Waals surface area contributed by atoms with Crippen molar-refractivity contribution >= 4 is 38.4 Å². The molecule has 1 heterocycles. The van der Waals surface area contributed by atoms with E-state index in [1.165, 1.54) is 12.1 Å². The average Bonchev–Trinajstić information content (AvgIpc) is 2.99. The first-order valence-electron chi connectivity index (χ1n) is 9.77. The summed E-state index contributed by atoms with van der Waals surface area (Å²) in [5, 5.41) is 1.19. The molecule has 2 aromatic carbocycles. The smallest absolute Gasteiger partial charge is 0.275 e. The maximum atomic E-state index is 13.4. The Kier molecular flexibility index (Phi) is 3.53. The third-order valence-electron chi connectivity index (χ3n) is 7.58. The predicted octanol–water partition coefficient (Wildman–Crippen LogP) is 3.16. The van der Waals surface area contributed by atoms with Crippen LogP contribution in [-0.4, -0.2) is 36.1 Å². The van der Waals surface area contributed by atoms with E-state index in [2.05, 4.69) is 0 Å². The minimum absolute atomic E-state index is 0.0678. The van der Waals surface area contributed by atoms with E-state index in [9.17, 15) is 22.8 Å². The van der Waals surface area contributed by atoms with Crippen molar-refractivity contribution in [1.82, 2.24) is 4.31 Å². The number of amides is 2. The molecule has 0 N–H and O–H groups in total. The molecular formula is C22H21NO5S. The van der Waals surface area contributed by atoms with E-state index >= 15 is 0 Å². The van der Waals surface area contributed by atoms with Crippen molar-refractivity contribution < 1.29 is 22.8 Å². The van der Waals surface area contributed by atoms with E-state index in [1.54, 1.807) is 24.3 Å². The molecule has 0 aromatic heterocycles. The van der Waals surface area contributed by atoms with Gasteiger partial charge in [0.25, 0.3) is 11.8 Å². The van der Waals surface area contributed by atoms with Crippen molar-refractivity contribution in [2.75, 3.05) is 5.75 Å². The number of fused-ring (bicyclic) bond motifs is 2. The fourth-order valence-electron chi connectivity index (χ4n) is 5.75. The fraction of sp³-hybridized carbons (Fsp3) is 0.409. The van der Waals surface area contributed by atoms with Gasteiger partial charge in [0, 0.05) is 22.9 Å². The lowest BCUT2D eigenvalue weighted by molar-refractivity contribution is -0.128. The standard InChI is InChI=1S/C22H21NO5S/c1-21(2)14-9-10-22(21,17(24)11-14)12-29(27,28)23-19(25)15-7-3-5-13-6-4-8-16(18(13)15)20(23)26/h3-8,14H,9-12H2,1-2H3. The van der Waals surface area contributed by atoms with Crippen LogP contribution in [0.4, 0.5) is 0 Å². The minimum atomic E-state index is -4.34. The number of ketones is 1. The molecule has 2 saturated carbocycles. The lowest BCUT2D eigenvalue weighted by Crippen LogP contribution is -2.51. The van der Waals surface area contributed by atoms with Gasteiger partial charge < -0.3 is 0 Å². The lowest BCUT2D eigenvalue weighted by Gasteiger charge is -2.37. The second-order valence-electron chi connectivity index (χ2n) is 9.01. The number of Topliss-reactive ketones (excluding diaryl/α,β-unsaturated/α-hetero) is 1. The first-order valence-corrected chi connectivity index (χ1v) is 11.4. The van der Waals surface area contributed by atoms with Crippen molar-refractivity contribution in [3.63, 3.8) is 0 Å². The fourth-order valence-corrected chi connectivity index (χ4v) is 7.88. The third-order valence-corrected chi connectivity index (χ3v) is 9.33. The van der Waals surface area contributed by atoms with E-state index in [4.69, 9.17) is 0 Å². The van der Waals surface area contributed by atoms with Crippen LogP contribution in [0.15, 0.2) is 36.4 Å². The van der Waals surface area contributed by atoms with Gasteiger partial charge in [-0.3, -0.25) is 14.4 Å². The van der Waals surface area contributed by atoms with Gasteiger partial charge in [-0.15, -0.1) is 0 Å². The quantitative estimate of drug-likeness (QED) is 0.724. The van der Waals surface area contributed by atoms with Gasteiger partial charge in [0.05, 0.1) is 11.2 Å². The van der Waals surface area contributed by atoms with Crippen LogP contribution in [0.5, 0.6) is 0 Å². The second kappa shape index (κ2) is 5.53. The molecule has 2 amide bonds. The topological polar surface area (TPSA) is 88.6 Å². The zero-order valence-electron chi connectivity index (χ0n) is 16.3. The van der Waals surface area contributed by atoms with E-state index in [-0.39, 0.29) is 22.8 Å². The van der Waals surface area contributed by atoms with Gasteiger partial charge in [0.2, 0.25) is 10.0 Å². The Bertz CT molecular complexity index is 1180. The van der Waals surface area contributed by atoms with Crippen LogP contribution in [0.2, 0.25) is 0 Å². The van der Waals surface area contributed by atoms with Gasteiger partial charge in [-0.25, -0.2) is 8.42 Å². The zero-order valence-corrected chi connectivity index (χ0v) is 17.1. The molecule has 0 saturated heterocycles. The second-order valence-corrected chi connectivity index (χ2v) is 10.8. The van der Waals surface area contributed by atoms with Gasteiger partial charge in [0.15, 0.2) is 0 Å². The highest BCUT2D eigenvalue weighted by Crippen LogP contribution is 2.64. The Hall–Kier alpha value is -2.54. The SMILES string of the molecule is CC1(C)C2CCC1(CS(=O)(=O)N1C(=O)c3cccc4cccc(c34)C1=O)C(=O)C2. The summed E-state index contributed by atoms with van der Waals surface area (Å²) in [4.78, 5) is 39.0. The number of benzene rings is 2. The number of carbonyl (C=O) groups excluding carboxylic acids is 3. The van der Waals surface area contributed by atoms with Crippen molar-refractivity contribution in [3.05, 3.63) is 47.5 Å². The molecule has 3 aliphatic rings. The number of imide groups is 1. The number of sulfonamides is 1. The van der Waals surface area contributed by atoms with Crippen molar-refractivity contribution in [1.29, 1.82) is 0 Å². The van der Waals surface area contributed by atoms with Crippen molar-refractivity contribution in [3.8, 4) is 0 Å². The molecule has 0 spiro atoms. The van der Waals surface area contributed by atoms with Gasteiger partial charge in [0.1, 0.15) is 5.78 Å². The number of rotatable bonds is 3. The summed E-state index contributed by atoms with van der Waals surface area (Å²) in [5.74, 6) is -2.10. The Morgan fingerprint density at radius 3 is 2.07 bits per heavy atom. The lowest BCUT2D eigenvalue weighted by atomic mass is 9.70. The van der Waals surface area contributed by atoms with Crippen LogP contribution >= 0.6 is 0 Å². The van der Waals surface area contributed by atoms with Crippen LogP contribution < -0.4 is 0 Å². The number of nitrogens with zero attached hydrogens (tertiary/aromatic N) is 1. The van der Waals surface area contributed by atoms with Crippen molar-refractivity contribution in [2.24, 2.45) is 16.7 Å². The van der Waals surface area contributed by atoms with Crippen LogP contribution in [0.1, 0.15) is 53.8 Å². The van der Waals surface area contributed by atoms with Crippen LogP contribution in [-0.2, 0) is 14.8 Å². The summed E-state index contributed by atoms with van der Waals surface area (Å²) in [6.07, 6.45) is 1.63. The highest BCUT2D eigenvalue weighted by Gasteiger charge is 2.66. The summed E-state index contributed by atoms with van der Waals surface area (Å²) >= 11 is 0. The molecule has 6 nitrogen and oxygen atoms in total. The van der Waals surface area contributed by atoms with E-state index < -0.39 is 38.4 Å². The molecule has 150 valence electrons. The van der Waals surface area contributed by atoms with Crippen LogP contribution in [0.3, 0.4) is 0 Å². The Morgan fingerprint density at radius 2 is 1.59 bits per heavy atom. The molecule has 29 heavy (non-hydrogen) atoms. The Labute approximate surface area is 168 Å². The Morgan fingerprint density at radius 1 is 1.00 bits per heavy atom. The number of hydrogen-bond donors (Lipinski definition) is 0. The third kappa shape index (κ3) is 2.16. The first-order chi connectivity index (χ1) is 13.6. The molecule has 7 heteroatoms. The van der Waals surface area contributed by atoms with Crippen LogP contribution in [0, 0.1) is 16.7 Å². The number of carbonyl (C=O) groups is 3. The van der Waals surface area contributed by atoms with Gasteiger partial charge in [-0.05, 0) is 41.7 Å².